The molecule has 186 valence electrons. The number of ether oxygens (including phenoxy) is 1. The van der Waals surface area contributed by atoms with Gasteiger partial charge in [0, 0.05) is 24.2 Å². The fourth-order valence-electron chi connectivity index (χ4n) is 4.20. The molecule has 35 heavy (non-hydrogen) atoms. The number of carbonyl (C=O) groups excluding carboxylic acids is 3. The van der Waals surface area contributed by atoms with Gasteiger partial charge in [-0.15, -0.1) is 0 Å². The van der Waals surface area contributed by atoms with Crippen molar-refractivity contribution < 1.29 is 23.5 Å². The maximum absolute atomic E-state index is 13.5. The van der Waals surface area contributed by atoms with Gasteiger partial charge in [0.1, 0.15) is 18.5 Å². The number of hydrogen-bond acceptors (Lipinski definition) is 5. The summed E-state index contributed by atoms with van der Waals surface area (Å²) in [5, 5.41) is 3.13. The Morgan fingerprint density at radius 2 is 1.69 bits per heavy atom. The summed E-state index contributed by atoms with van der Waals surface area (Å²) in [7, 11) is 1.76. The highest BCUT2D eigenvalue weighted by Gasteiger charge is 2.27. The summed E-state index contributed by atoms with van der Waals surface area (Å²) in [5.74, 6) is -1.44. The summed E-state index contributed by atoms with van der Waals surface area (Å²) >= 11 is 0. The zero-order valence-corrected chi connectivity index (χ0v) is 20.3. The molecule has 0 heterocycles. The number of esters is 1. The van der Waals surface area contributed by atoms with E-state index in [0.717, 1.165) is 37.3 Å². The molecule has 2 aromatic rings. The number of benzene rings is 2. The van der Waals surface area contributed by atoms with Crippen LogP contribution in [0.4, 0.5) is 4.39 Å². The smallest absolute Gasteiger partial charge is 0.330 e. The molecule has 3 rings (SSSR count). The van der Waals surface area contributed by atoms with Crippen LogP contribution < -0.4 is 5.32 Å². The Morgan fingerprint density at radius 1 is 1.03 bits per heavy atom. The Bertz CT molecular complexity index is 1030. The molecule has 0 radical (unpaired) electrons. The quantitative estimate of drug-likeness (QED) is 0.307. The maximum atomic E-state index is 13.5. The van der Waals surface area contributed by atoms with Gasteiger partial charge in [-0.1, -0.05) is 61.2 Å². The fraction of sp³-hybridized carbons (Fsp3) is 0.393. The van der Waals surface area contributed by atoms with Crippen molar-refractivity contribution in [2.75, 3.05) is 20.2 Å². The van der Waals surface area contributed by atoms with Crippen LogP contribution >= 0.6 is 0 Å². The van der Waals surface area contributed by atoms with E-state index in [1.54, 1.807) is 36.2 Å². The minimum Gasteiger partial charge on any atom is -0.461 e. The van der Waals surface area contributed by atoms with Crippen LogP contribution in [0, 0.1) is 12.7 Å². The average molecular weight is 481 g/mol. The number of nitrogens with one attached hydrogen (secondary N) is 1. The largest absolute Gasteiger partial charge is 0.461 e. The van der Waals surface area contributed by atoms with Gasteiger partial charge in [-0.2, -0.15) is 0 Å². The van der Waals surface area contributed by atoms with Crippen LogP contribution in [0.1, 0.15) is 59.6 Å². The van der Waals surface area contributed by atoms with Crippen molar-refractivity contribution in [3.05, 3.63) is 83.2 Å². The second-order valence-electron chi connectivity index (χ2n) is 9.01. The first-order valence-corrected chi connectivity index (χ1v) is 12.1. The van der Waals surface area contributed by atoms with E-state index < -0.39 is 12.0 Å². The summed E-state index contributed by atoms with van der Waals surface area (Å²) in [4.78, 5) is 39.2. The highest BCUT2D eigenvalue weighted by atomic mass is 19.1. The molecule has 1 aliphatic rings. The number of amides is 1. The third-order valence-electron chi connectivity index (χ3n) is 6.22. The zero-order valence-electron chi connectivity index (χ0n) is 20.3. The molecule has 0 bridgehead atoms. The van der Waals surface area contributed by atoms with Crippen molar-refractivity contribution in [2.24, 2.45) is 0 Å². The number of rotatable bonds is 10. The van der Waals surface area contributed by atoms with Gasteiger partial charge in [0.25, 0.3) is 0 Å². The number of ketones is 1. The Balaban J connectivity index is 1.56. The van der Waals surface area contributed by atoms with Crippen LogP contribution in [-0.4, -0.2) is 48.8 Å². The Labute approximate surface area is 206 Å². The molecular formula is C28H33FN2O4. The molecule has 2 aromatic carbocycles. The second kappa shape index (κ2) is 13.0. The van der Waals surface area contributed by atoms with Gasteiger partial charge in [-0.25, -0.2) is 9.18 Å². The first kappa shape index (κ1) is 26.3. The lowest BCUT2D eigenvalue weighted by Crippen LogP contribution is -2.44. The molecular weight excluding hydrogens is 447 g/mol. The molecule has 1 N–H and O–H groups in total. The van der Waals surface area contributed by atoms with Crippen molar-refractivity contribution in [3.63, 3.8) is 0 Å². The molecule has 1 amide bonds. The fourth-order valence-corrected chi connectivity index (χ4v) is 4.20. The SMILES string of the molecule is Cc1ccc(C(=O)/C=C/C(=O)OCCN(C)C(C(=O)NC2CCCCC2)c2ccc(F)cc2)cc1. The Morgan fingerprint density at radius 3 is 2.34 bits per heavy atom. The first-order chi connectivity index (χ1) is 16.8. The molecule has 6 nitrogen and oxygen atoms in total. The van der Waals surface area contributed by atoms with Crippen LogP contribution in [0.25, 0.3) is 0 Å². The predicted molar refractivity (Wildman–Crippen MR) is 132 cm³/mol. The summed E-state index contributed by atoms with van der Waals surface area (Å²) in [6.45, 7) is 2.25. The minimum absolute atomic E-state index is 0.0345. The summed E-state index contributed by atoms with van der Waals surface area (Å²) in [6.07, 6.45) is 7.58. The summed E-state index contributed by atoms with van der Waals surface area (Å²) in [6, 6.07) is 12.4. The lowest BCUT2D eigenvalue weighted by Gasteiger charge is -2.30. The normalized spacial score (nSPS) is 15.2. The van der Waals surface area contributed by atoms with Crippen LogP contribution in [0.5, 0.6) is 0 Å². The van der Waals surface area contributed by atoms with E-state index in [0.29, 0.717) is 11.1 Å². The molecule has 1 atom stereocenters. The number of allylic oxidation sites excluding steroid dienone is 1. The zero-order chi connectivity index (χ0) is 25.2. The van der Waals surface area contributed by atoms with Crippen LogP contribution in [0.15, 0.2) is 60.7 Å². The predicted octanol–water partition coefficient (Wildman–Crippen LogP) is 4.54. The van der Waals surface area contributed by atoms with E-state index in [1.807, 2.05) is 19.1 Å². The van der Waals surface area contributed by atoms with Crippen molar-refractivity contribution in [1.29, 1.82) is 0 Å². The lowest BCUT2D eigenvalue weighted by molar-refractivity contribution is -0.138. The van der Waals surface area contributed by atoms with Crippen molar-refractivity contribution in [2.45, 2.75) is 51.1 Å². The van der Waals surface area contributed by atoms with Gasteiger partial charge in [0.2, 0.25) is 5.91 Å². The van der Waals surface area contributed by atoms with Gasteiger partial charge in [0.15, 0.2) is 5.78 Å². The van der Waals surface area contributed by atoms with Gasteiger partial charge in [-0.05, 0) is 50.6 Å². The van der Waals surface area contributed by atoms with E-state index in [1.165, 1.54) is 24.6 Å². The molecule has 0 aromatic heterocycles. The van der Waals surface area contributed by atoms with E-state index >= 15 is 0 Å². The van der Waals surface area contributed by atoms with Crippen molar-refractivity contribution >= 4 is 17.7 Å². The standard InChI is InChI=1S/C28H33FN2O4/c1-20-8-10-21(11-9-20)25(32)16-17-26(33)35-19-18-31(2)27(22-12-14-23(29)15-13-22)28(34)30-24-6-4-3-5-7-24/h8-17,24,27H,3-7,18-19H2,1-2H3,(H,30,34)/b17-16+. The Hall–Kier alpha value is -3.32. The summed E-state index contributed by atoms with van der Waals surface area (Å²) in [5.41, 5.74) is 2.20. The molecule has 0 spiro atoms. The average Bonchev–Trinajstić information content (AvgIpc) is 2.85. The lowest BCUT2D eigenvalue weighted by atomic mass is 9.94. The Kier molecular flexibility index (Phi) is 9.73. The minimum atomic E-state index is -0.644. The maximum Gasteiger partial charge on any atom is 0.330 e. The molecule has 1 fully saturated rings. The van der Waals surface area contributed by atoms with E-state index in [2.05, 4.69) is 5.32 Å². The number of nitrogens with zero attached hydrogens (tertiary/aromatic N) is 1. The molecule has 0 saturated heterocycles. The number of carbonyl (C=O) groups is 3. The molecule has 0 aliphatic heterocycles. The van der Waals surface area contributed by atoms with Crippen molar-refractivity contribution in [1.82, 2.24) is 10.2 Å². The van der Waals surface area contributed by atoms with E-state index in [4.69, 9.17) is 4.74 Å². The van der Waals surface area contributed by atoms with Gasteiger partial charge < -0.3 is 10.1 Å². The highest BCUT2D eigenvalue weighted by molar-refractivity contribution is 6.07. The van der Waals surface area contributed by atoms with Gasteiger partial charge in [-0.3, -0.25) is 14.5 Å². The topological polar surface area (TPSA) is 75.7 Å². The van der Waals surface area contributed by atoms with Crippen LogP contribution in [0.2, 0.25) is 0 Å². The monoisotopic (exact) mass is 480 g/mol. The van der Waals surface area contributed by atoms with Crippen LogP contribution in [0.3, 0.4) is 0 Å². The first-order valence-electron chi connectivity index (χ1n) is 12.1. The number of likely N-dealkylation sites (N-methyl/N-ethyl adjacent to an activating group) is 1. The second-order valence-corrected chi connectivity index (χ2v) is 9.01. The molecule has 1 aliphatic carbocycles. The highest BCUT2D eigenvalue weighted by Crippen LogP contribution is 2.23. The van der Waals surface area contributed by atoms with Crippen LogP contribution in [-0.2, 0) is 14.3 Å². The van der Waals surface area contributed by atoms with E-state index in [9.17, 15) is 18.8 Å². The summed E-state index contributed by atoms with van der Waals surface area (Å²) < 4.78 is 18.7. The third-order valence-corrected chi connectivity index (χ3v) is 6.22. The molecule has 1 saturated carbocycles. The van der Waals surface area contributed by atoms with Gasteiger partial charge in [0.05, 0.1) is 0 Å². The number of aryl methyl sites for hydroxylation is 1. The third kappa shape index (κ3) is 8.14. The number of halogens is 1. The van der Waals surface area contributed by atoms with Crippen molar-refractivity contribution in [3.8, 4) is 0 Å². The van der Waals surface area contributed by atoms with Gasteiger partial charge >= 0.3 is 5.97 Å². The van der Waals surface area contributed by atoms with E-state index in [-0.39, 0.29) is 36.7 Å². The molecule has 7 heteroatoms. The number of hydrogen-bond donors (Lipinski definition) is 1. The molecule has 1 unspecified atom stereocenters.